The Morgan fingerprint density at radius 2 is 2.12 bits per heavy atom. The third-order valence-corrected chi connectivity index (χ3v) is 5.28. The SMILES string of the molecule is CC(C)(C)S(=O)(=O)N[C@H]1CCc2ncccc21. The highest BCUT2D eigenvalue weighted by Crippen LogP contribution is 2.31. The maximum Gasteiger partial charge on any atom is 0.217 e. The van der Waals surface area contributed by atoms with Crippen molar-refractivity contribution in [2.75, 3.05) is 0 Å². The molecule has 1 aliphatic carbocycles. The minimum Gasteiger partial charge on any atom is -0.261 e. The predicted octanol–water partition coefficient (Wildman–Crippen LogP) is 1.79. The van der Waals surface area contributed by atoms with Crippen LogP contribution in [0.2, 0.25) is 0 Å². The highest BCUT2D eigenvalue weighted by atomic mass is 32.2. The number of hydrogen-bond acceptors (Lipinski definition) is 3. The first kappa shape index (κ1) is 12.5. The zero-order chi connectivity index (χ0) is 12.7. The third kappa shape index (κ3) is 2.35. The lowest BCUT2D eigenvalue weighted by Crippen LogP contribution is -2.40. The Hall–Kier alpha value is -0.940. The smallest absolute Gasteiger partial charge is 0.217 e. The maximum absolute atomic E-state index is 12.1. The first-order chi connectivity index (χ1) is 7.81. The van der Waals surface area contributed by atoms with Crippen LogP contribution >= 0.6 is 0 Å². The molecule has 5 heteroatoms. The van der Waals surface area contributed by atoms with E-state index in [0.29, 0.717) is 0 Å². The van der Waals surface area contributed by atoms with Crippen molar-refractivity contribution in [3.05, 3.63) is 29.6 Å². The summed E-state index contributed by atoms with van der Waals surface area (Å²) in [5, 5.41) is 0. The monoisotopic (exact) mass is 254 g/mol. The van der Waals surface area contributed by atoms with Gasteiger partial charge in [-0.25, -0.2) is 13.1 Å². The van der Waals surface area contributed by atoms with E-state index in [4.69, 9.17) is 0 Å². The van der Waals surface area contributed by atoms with Crippen LogP contribution in [-0.2, 0) is 16.4 Å². The highest BCUT2D eigenvalue weighted by molar-refractivity contribution is 7.90. The molecule has 1 N–H and O–H groups in total. The highest BCUT2D eigenvalue weighted by Gasteiger charge is 2.34. The van der Waals surface area contributed by atoms with Crippen molar-refractivity contribution >= 4 is 10.0 Å². The summed E-state index contributed by atoms with van der Waals surface area (Å²) in [4.78, 5) is 4.27. The standard InChI is InChI=1S/C12H18N2O2S/c1-12(2,3)17(15,16)14-11-7-6-10-9(11)5-4-8-13-10/h4-5,8,11,14H,6-7H2,1-3H3/t11-/m0/s1. The first-order valence-corrected chi connectivity index (χ1v) is 7.25. The van der Waals surface area contributed by atoms with E-state index in [0.717, 1.165) is 24.1 Å². The van der Waals surface area contributed by atoms with Gasteiger partial charge in [-0.05, 0) is 45.2 Å². The van der Waals surface area contributed by atoms with Gasteiger partial charge in [0, 0.05) is 17.9 Å². The van der Waals surface area contributed by atoms with Crippen LogP contribution in [0.25, 0.3) is 0 Å². The van der Waals surface area contributed by atoms with E-state index in [9.17, 15) is 8.42 Å². The number of nitrogens with zero attached hydrogens (tertiary/aromatic N) is 1. The molecule has 0 unspecified atom stereocenters. The minimum atomic E-state index is -3.30. The molecular weight excluding hydrogens is 236 g/mol. The van der Waals surface area contributed by atoms with Crippen molar-refractivity contribution in [1.82, 2.24) is 9.71 Å². The van der Waals surface area contributed by atoms with Gasteiger partial charge >= 0.3 is 0 Å². The van der Waals surface area contributed by atoms with Gasteiger partial charge in [-0.15, -0.1) is 0 Å². The summed E-state index contributed by atoms with van der Waals surface area (Å²) in [7, 11) is -3.30. The Kier molecular flexibility index (Phi) is 2.99. The molecule has 1 heterocycles. The van der Waals surface area contributed by atoms with E-state index in [1.165, 1.54) is 0 Å². The topological polar surface area (TPSA) is 59.1 Å². The van der Waals surface area contributed by atoms with Crippen LogP contribution in [0.3, 0.4) is 0 Å². The fourth-order valence-electron chi connectivity index (χ4n) is 1.90. The number of sulfonamides is 1. The second-order valence-electron chi connectivity index (χ2n) is 5.36. The lowest BCUT2D eigenvalue weighted by atomic mass is 10.2. The Balaban J connectivity index is 2.24. The predicted molar refractivity (Wildman–Crippen MR) is 67.1 cm³/mol. The third-order valence-electron chi connectivity index (χ3n) is 3.07. The lowest BCUT2D eigenvalue weighted by Gasteiger charge is -2.23. The molecule has 0 saturated carbocycles. The number of rotatable bonds is 2. The van der Waals surface area contributed by atoms with E-state index >= 15 is 0 Å². The number of hydrogen-bond donors (Lipinski definition) is 1. The van der Waals surface area contributed by atoms with Gasteiger partial charge in [-0.3, -0.25) is 4.98 Å². The van der Waals surface area contributed by atoms with E-state index in [-0.39, 0.29) is 6.04 Å². The Labute approximate surface area is 103 Å². The molecule has 0 aromatic carbocycles. The number of aryl methyl sites for hydroxylation is 1. The summed E-state index contributed by atoms with van der Waals surface area (Å²) < 4.78 is 26.2. The van der Waals surface area contributed by atoms with Crippen LogP contribution in [0.4, 0.5) is 0 Å². The molecule has 4 nitrogen and oxygen atoms in total. The average Bonchev–Trinajstić information content (AvgIpc) is 2.60. The molecule has 1 aliphatic rings. The first-order valence-electron chi connectivity index (χ1n) is 5.77. The van der Waals surface area contributed by atoms with Gasteiger partial charge in [-0.1, -0.05) is 6.07 Å². The molecule has 0 radical (unpaired) electrons. The van der Waals surface area contributed by atoms with E-state index < -0.39 is 14.8 Å². The summed E-state index contributed by atoms with van der Waals surface area (Å²) in [6, 6.07) is 3.68. The number of nitrogens with one attached hydrogen (secondary N) is 1. The molecule has 1 aromatic heterocycles. The van der Waals surface area contributed by atoms with Gasteiger partial charge in [0.05, 0.1) is 4.75 Å². The van der Waals surface area contributed by atoms with Gasteiger partial charge in [0.25, 0.3) is 0 Å². The lowest BCUT2D eigenvalue weighted by molar-refractivity contribution is 0.522. The van der Waals surface area contributed by atoms with Crippen LogP contribution in [0, 0.1) is 0 Å². The largest absolute Gasteiger partial charge is 0.261 e. The van der Waals surface area contributed by atoms with Crippen molar-refractivity contribution in [3.63, 3.8) is 0 Å². The Bertz CT molecular complexity index is 518. The van der Waals surface area contributed by atoms with Crippen LogP contribution in [0.15, 0.2) is 18.3 Å². The molecule has 1 aromatic rings. The van der Waals surface area contributed by atoms with Gasteiger partial charge in [0.15, 0.2) is 0 Å². The summed E-state index contributed by atoms with van der Waals surface area (Å²) >= 11 is 0. The van der Waals surface area contributed by atoms with Gasteiger partial charge in [-0.2, -0.15) is 0 Å². The van der Waals surface area contributed by atoms with Crippen molar-refractivity contribution < 1.29 is 8.42 Å². The molecule has 17 heavy (non-hydrogen) atoms. The molecular formula is C12H18N2O2S. The molecule has 2 rings (SSSR count). The fourth-order valence-corrected chi connectivity index (χ4v) is 2.87. The van der Waals surface area contributed by atoms with Crippen molar-refractivity contribution in [2.45, 2.75) is 44.4 Å². The molecule has 0 fully saturated rings. The van der Waals surface area contributed by atoms with Gasteiger partial charge in [0.2, 0.25) is 10.0 Å². The Morgan fingerprint density at radius 1 is 1.41 bits per heavy atom. The maximum atomic E-state index is 12.1. The minimum absolute atomic E-state index is 0.122. The van der Waals surface area contributed by atoms with Gasteiger partial charge < -0.3 is 0 Å². The van der Waals surface area contributed by atoms with Crippen LogP contribution in [0.5, 0.6) is 0 Å². The van der Waals surface area contributed by atoms with Crippen molar-refractivity contribution in [3.8, 4) is 0 Å². The quantitative estimate of drug-likeness (QED) is 0.875. The van der Waals surface area contributed by atoms with Crippen LogP contribution in [0.1, 0.15) is 44.5 Å². The van der Waals surface area contributed by atoms with Crippen LogP contribution < -0.4 is 4.72 Å². The second kappa shape index (κ2) is 4.07. The molecule has 0 amide bonds. The summed E-state index contributed by atoms with van der Waals surface area (Å²) in [5.41, 5.74) is 2.02. The molecule has 0 saturated heterocycles. The molecule has 94 valence electrons. The van der Waals surface area contributed by atoms with E-state index in [1.807, 2.05) is 12.1 Å². The fraction of sp³-hybridized carbons (Fsp3) is 0.583. The number of pyridine rings is 1. The normalized spacial score (nSPS) is 20.3. The number of aromatic nitrogens is 1. The zero-order valence-corrected chi connectivity index (χ0v) is 11.2. The van der Waals surface area contributed by atoms with Crippen LogP contribution in [-0.4, -0.2) is 18.1 Å². The summed E-state index contributed by atoms with van der Waals surface area (Å²) in [6.45, 7) is 5.11. The second-order valence-corrected chi connectivity index (χ2v) is 7.83. The van der Waals surface area contributed by atoms with E-state index in [2.05, 4.69) is 9.71 Å². The zero-order valence-electron chi connectivity index (χ0n) is 10.4. The molecule has 0 spiro atoms. The summed E-state index contributed by atoms with van der Waals surface area (Å²) in [5.74, 6) is 0. The Morgan fingerprint density at radius 3 is 2.76 bits per heavy atom. The molecule has 0 bridgehead atoms. The van der Waals surface area contributed by atoms with E-state index in [1.54, 1.807) is 27.0 Å². The molecule has 1 atom stereocenters. The average molecular weight is 254 g/mol. The van der Waals surface area contributed by atoms with Crippen molar-refractivity contribution in [1.29, 1.82) is 0 Å². The van der Waals surface area contributed by atoms with Gasteiger partial charge in [0.1, 0.15) is 0 Å². The summed E-state index contributed by atoms with van der Waals surface area (Å²) in [6.07, 6.45) is 3.38. The molecule has 0 aliphatic heterocycles. The number of fused-ring (bicyclic) bond motifs is 1. The van der Waals surface area contributed by atoms with Crippen molar-refractivity contribution in [2.24, 2.45) is 0 Å².